The quantitative estimate of drug-likeness (QED) is 0.884. The molecule has 0 aliphatic heterocycles. The molecule has 0 aliphatic rings. The third kappa shape index (κ3) is 3.63. The van der Waals surface area contributed by atoms with Crippen molar-refractivity contribution in [1.82, 2.24) is 20.4 Å². The molecule has 112 valence electrons. The van der Waals surface area contributed by atoms with E-state index in [0.29, 0.717) is 16.8 Å². The van der Waals surface area contributed by atoms with Crippen LogP contribution in [-0.4, -0.2) is 26.9 Å². The Labute approximate surface area is 125 Å². The van der Waals surface area contributed by atoms with Gasteiger partial charge in [-0.15, -0.1) is 11.3 Å². The van der Waals surface area contributed by atoms with E-state index in [1.165, 1.54) is 18.3 Å². The topological polar surface area (TPSA) is 110 Å². The van der Waals surface area contributed by atoms with Crippen LogP contribution in [0.5, 0.6) is 0 Å². The average molecular weight is 309 g/mol. The first-order chi connectivity index (χ1) is 9.78. The number of carbonyl (C=O) groups excluding carboxylic acids is 2. The minimum atomic E-state index is -0.799. The molecule has 0 spiro atoms. The van der Waals surface area contributed by atoms with Gasteiger partial charge in [-0.2, -0.15) is 4.98 Å². The lowest BCUT2D eigenvalue weighted by Gasteiger charge is -2.21. The summed E-state index contributed by atoms with van der Waals surface area (Å²) >= 11 is 1.18. The van der Waals surface area contributed by atoms with Crippen LogP contribution in [0.2, 0.25) is 0 Å². The number of aromatic nitrogens is 3. The van der Waals surface area contributed by atoms with Crippen LogP contribution in [0.15, 0.2) is 9.90 Å². The lowest BCUT2D eigenvalue weighted by molar-refractivity contribution is -0.114. The summed E-state index contributed by atoms with van der Waals surface area (Å²) < 4.78 is 4.91. The van der Waals surface area contributed by atoms with Crippen molar-refractivity contribution in [1.29, 1.82) is 0 Å². The zero-order chi connectivity index (χ0) is 15.6. The second-order valence-corrected chi connectivity index (χ2v) is 5.79. The van der Waals surface area contributed by atoms with E-state index in [9.17, 15) is 9.59 Å². The standard InChI is InChI=1S/C12H15N5O3S/c1-6(18)13-11-15-8(5-21-11)9(19)16-12(3,4)10-14-7(2)20-17-10/h5H,1-4H3,(H,16,19)(H,13,15,18). The van der Waals surface area contributed by atoms with Crippen molar-refractivity contribution in [2.75, 3.05) is 5.32 Å². The summed E-state index contributed by atoms with van der Waals surface area (Å²) in [6, 6.07) is 0. The molecule has 0 unspecified atom stereocenters. The number of anilines is 1. The van der Waals surface area contributed by atoms with Crippen molar-refractivity contribution in [3.63, 3.8) is 0 Å². The molecule has 21 heavy (non-hydrogen) atoms. The van der Waals surface area contributed by atoms with E-state index in [-0.39, 0.29) is 17.5 Å². The Morgan fingerprint density at radius 3 is 2.62 bits per heavy atom. The van der Waals surface area contributed by atoms with Crippen LogP contribution in [0, 0.1) is 6.92 Å². The number of carbonyl (C=O) groups is 2. The number of hydrogen-bond donors (Lipinski definition) is 2. The summed E-state index contributed by atoms with van der Waals surface area (Å²) in [5, 5.41) is 11.0. The zero-order valence-corrected chi connectivity index (χ0v) is 12.9. The Hall–Kier alpha value is -2.29. The lowest BCUT2D eigenvalue weighted by atomic mass is 10.0. The molecular formula is C12H15N5O3S. The third-order valence-electron chi connectivity index (χ3n) is 2.53. The molecule has 2 heterocycles. The fraction of sp³-hybridized carbons (Fsp3) is 0.417. The molecule has 0 saturated carbocycles. The number of aryl methyl sites for hydroxylation is 1. The van der Waals surface area contributed by atoms with Crippen LogP contribution in [0.25, 0.3) is 0 Å². The molecule has 0 bridgehead atoms. The maximum atomic E-state index is 12.2. The number of nitrogens with zero attached hydrogens (tertiary/aromatic N) is 3. The summed E-state index contributed by atoms with van der Waals surface area (Å²) in [6.45, 7) is 6.57. The molecule has 2 N–H and O–H groups in total. The molecule has 0 fully saturated rings. The smallest absolute Gasteiger partial charge is 0.271 e. The summed E-state index contributed by atoms with van der Waals surface area (Å²) in [4.78, 5) is 31.3. The average Bonchev–Trinajstić information content (AvgIpc) is 2.97. The highest BCUT2D eigenvalue weighted by molar-refractivity contribution is 7.14. The molecule has 2 rings (SSSR count). The Bertz CT molecular complexity index is 676. The van der Waals surface area contributed by atoms with Crippen molar-refractivity contribution in [3.8, 4) is 0 Å². The molecule has 2 amide bonds. The van der Waals surface area contributed by atoms with Gasteiger partial charge in [-0.3, -0.25) is 9.59 Å². The SMILES string of the molecule is CC(=O)Nc1nc(C(=O)NC(C)(C)c2noc(C)n2)cs1. The van der Waals surface area contributed by atoms with Crippen molar-refractivity contribution >= 4 is 28.3 Å². The highest BCUT2D eigenvalue weighted by atomic mass is 32.1. The predicted molar refractivity (Wildman–Crippen MR) is 75.9 cm³/mol. The highest BCUT2D eigenvalue weighted by Crippen LogP contribution is 2.19. The second-order valence-electron chi connectivity index (χ2n) is 4.94. The van der Waals surface area contributed by atoms with Crippen LogP contribution >= 0.6 is 11.3 Å². The molecule has 8 nitrogen and oxygen atoms in total. The van der Waals surface area contributed by atoms with Gasteiger partial charge in [0.25, 0.3) is 5.91 Å². The first-order valence-electron chi connectivity index (χ1n) is 6.14. The number of thiazole rings is 1. The number of amides is 2. The van der Waals surface area contributed by atoms with Crippen molar-refractivity contribution in [3.05, 3.63) is 22.8 Å². The van der Waals surface area contributed by atoms with E-state index in [0.717, 1.165) is 0 Å². The van der Waals surface area contributed by atoms with Gasteiger partial charge in [-0.25, -0.2) is 4.98 Å². The predicted octanol–water partition coefficient (Wildman–Crippen LogP) is 1.46. The van der Waals surface area contributed by atoms with Crippen LogP contribution in [0.1, 0.15) is 43.0 Å². The van der Waals surface area contributed by atoms with Gasteiger partial charge in [-0.1, -0.05) is 5.16 Å². The summed E-state index contributed by atoms with van der Waals surface area (Å²) in [5.74, 6) is 0.189. The number of nitrogens with one attached hydrogen (secondary N) is 2. The van der Waals surface area contributed by atoms with Gasteiger partial charge < -0.3 is 15.2 Å². The van der Waals surface area contributed by atoms with E-state index in [4.69, 9.17) is 4.52 Å². The monoisotopic (exact) mass is 309 g/mol. The Balaban J connectivity index is 2.10. The van der Waals surface area contributed by atoms with Crippen LogP contribution in [0.4, 0.5) is 5.13 Å². The zero-order valence-electron chi connectivity index (χ0n) is 12.1. The summed E-state index contributed by atoms with van der Waals surface area (Å²) in [7, 11) is 0. The van der Waals surface area contributed by atoms with E-state index in [1.54, 1.807) is 26.2 Å². The second kappa shape index (κ2) is 5.60. The van der Waals surface area contributed by atoms with Crippen LogP contribution in [0.3, 0.4) is 0 Å². The van der Waals surface area contributed by atoms with Crippen molar-refractivity contribution in [2.45, 2.75) is 33.2 Å². The van der Waals surface area contributed by atoms with Crippen LogP contribution < -0.4 is 10.6 Å². The maximum Gasteiger partial charge on any atom is 0.271 e. The molecule has 0 aliphatic carbocycles. The Morgan fingerprint density at radius 1 is 1.33 bits per heavy atom. The minimum absolute atomic E-state index is 0.219. The molecule has 2 aromatic rings. The van der Waals surface area contributed by atoms with E-state index in [2.05, 4.69) is 25.8 Å². The van der Waals surface area contributed by atoms with E-state index in [1.807, 2.05) is 0 Å². The Kier molecular flexibility index (Phi) is 4.03. The van der Waals surface area contributed by atoms with Crippen molar-refractivity contribution in [2.24, 2.45) is 0 Å². The first kappa shape index (κ1) is 15.1. The van der Waals surface area contributed by atoms with Gasteiger partial charge in [0.05, 0.1) is 5.54 Å². The molecule has 9 heteroatoms. The molecule has 0 atom stereocenters. The van der Waals surface area contributed by atoms with Crippen LogP contribution in [-0.2, 0) is 10.3 Å². The van der Waals surface area contributed by atoms with Gasteiger partial charge >= 0.3 is 0 Å². The molecular weight excluding hydrogens is 294 g/mol. The summed E-state index contributed by atoms with van der Waals surface area (Å²) in [6.07, 6.45) is 0. The number of hydrogen-bond acceptors (Lipinski definition) is 7. The van der Waals surface area contributed by atoms with Gasteiger partial charge in [0.2, 0.25) is 11.8 Å². The minimum Gasteiger partial charge on any atom is -0.340 e. The molecule has 0 aromatic carbocycles. The largest absolute Gasteiger partial charge is 0.340 e. The summed E-state index contributed by atoms with van der Waals surface area (Å²) in [5.41, 5.74) is -0.579. The fourth-order valence-corrected chi connectivity index (χ4v) is 2.28. The highest BCUT2D eigenvalue weighted by Gasteiger charge is 2.29. The first-order valence-corrected chi connectivity index (χ1v) is 7.02. The normalized spacial score (nSPS) is 11.2. The van der Waals surface area contributed by atoms with Gasteiger partial charge in [0.15, 0.2) is 11.0 Å². The van der Waals surface area contributed by atoms with Gasteiger partial charge in [0, 0.05) is 19.2 Å². The van der Waals surface area contributed by atoms with Gasteiger partial charge in [0.1, 0.15) is 5.69 Å². The Morgan fingerprint density at radius 2 is 2.05 bits per heavy atom. The lowest BCUT2D eigenvalue weighted by Crippen LogP contribution is -2.42. The fourth-order valence-electron chi connectivity index (χ4n) is 1.54. The number of rotatable bonds is 4. The third-order valence-corrected chi connectivity index (χ3v) is 3.29. The van der Waals surface area contributed by atoms with Crippen molar-refractivity contribution < 1.29 is 14.1 Å². The van der Waals surface area contributed by atoms with E-state index < -0.39 is 5.54 Å². The van der Waals surface area contributed by atoms with Gasteiger partial charge in [-0.05, 0) is 13.8 Å². The molecule has 0 radical (unpaired) electrons. The maximum absolute atomic E-state index is 12.2. The molecule has 0 saturated heterocycles. The molecule has 2 aromatic heterocycles. The van der Waals surface area contributed by atoms with E-state index >= 15 is 0 Å².